The van der Waals surface area contributed by atoms with E-state index in [-0.39, 0.29) is 18.1 Å². The number of thioether (sulfide) groups is 1. The molecule has 2 rings (SSSR count). The Morgan fingerprint density at radius 3 is 2.57 bits per heavy atom. The van der Waals surface area contributed by atoms with Crippen LogP contribution in [0.1, 0.15) is 19.4 Å². The molecule has 0 saturated carbocycles. The highest BCUT2D eigenvalue weighted by Crippen LogP contribution is 2.37. The van der Waals surface area contributed by atoms with Crippen LogP contribution in [-0.2, 0) is 23.9 Å². The molecule has 1 heterocycles. The minimum absolute atomic E-state index is 0.151. The molecule has 2 amide bonds. The Kier molecular flexibility index (Phi) is 8.53. The molecule has 162 valence electrons. The quantitative estimate of drug-likeness (QED) is 0.275. The highest BCUT2D eigenvalue weighted by Gasteiger charge is 2.41. The average Bonchev–Trinajstić information content (AvgIpc) is 2.98. The summed E-state index contributed by atoms with van der Waals surface area (Å²) >= 11 is 2.74. The number of imide groups is 1. The van der Waals surface area contributed by atoms with Crippen molar-refractivity contribution in [3.05, 3.63) is 26.2 Å². The van der Waals surface area contributed by atoms with E-state index in [0.29, 0.717) is 20.6 Å². The summed E-state index contributed by atoms with van der Waals surface area (Å²) in [6.07, 6.45) is 1.53. The summed E-state index contributed by atoms with van der Waals surface area (Å²) in [6.45, 7) is 2.95. The van der Waals surface area contributed by atoms with Gasteiger partial charge in [0.2, 0.25) is 0 Å². The lowest BCUT2D eigenvalue weighted by Crippen LogP contribution is -2.42. The number of hydrogen-bond donors (Lipinski definition) is 0. The highest BCUT2D eigenvalue weighted by atomic mass is 127. The maximum absolute atomic E-state index is 12.7. The van der Waals surface area contributed by atoms with Gasteiger partial charge in [-0.15, -0.1) is 0 Å². The van der Waals surface area contributed by atoms with Crippen molar-refractivity contribution >= 4 is 63.5 Å². The molecule has 1 aromatic rings. The smallest absolute Gasteiger partial charge is 0.343 e. The molecule has 1 aliphatic rings. The van der Waals surface area contributed by atoms with E-state index in [4.69, 9.17) is 14.2 Å². The molecule has 1 fully saturated rings. The third kappa shape index (κ3) is 5.45. The molecule has 0 aliphatic carbocycles. The van der Waals surface area contributed by atoms with E-state index in [1.807, 2.05) is 22.6 Å². The number of halogens is 1. The summed E-state index contributed by atoms with van der Waals surface area (Å²) in [6, 6.07) is 2.29. The number of hydrogen-bond acceptors (Lipinski definition) is 9. The molecule has 1 atom stereocenters. The van der Waals surface area contributed by atoms with Crippen molar-refractivity contribution in [1.29, 1.82) is 0 Å². The van der Waals surface area contributed by atoms with E-state index in [1.165, 1.54) is 27.2 Å². The lowest BCUT2D eigenvalue weighted by Gasteiger charge is -2.19. The molecule has 0 radical (unpaired) electrons. The third-order valence-electron chi connectivity index (χ3n) is 3.95. The van der Waals surface area contributed by atoms with Crippen molar-refractivity contribution in [3.8, 4) is 11.5 Å². The van der Waals surface area contributed by atoms with Crippen molar-refractivity contribution in [1.82, 2.24) is 4.90 Å². The Morgan fingerprint density at radius 1 is 1.27 bits per heavy atom. The molecule has 0 unspecified atom stereocenters. The molecule has 0 bridgehead atoms. The molecule has 0 spiro atoms. The molecule has 1 aromatic carbocycles. The second-order valence-electron chi connectivity index (χ2n) is 5.88. The number of rotatable bonds is 8. The number of ether oxygens (including phenoxy) is 4. The van der Waals surface area contributed by atoms with Gasteiger partial charge in [0.15, 0.2) is 18.1 Å². The van der Waals surface area contributed by atoms with Gasteiger partial charge in [0.05, 0.1) is 29.3 Å². The zero-order chi connectivity index (χ0) is 22.4. The van der Waals surface area contributed by atoms with Gasteiger partial charge in [0.1, 0.15) is 6.04 Å². The summed E-state index contributed by atoms with van der Waals surface area (Å²) < 4.78 is 20.9. The maximum atomic E-state index is 12.7. The standard InChI is InChI=1S/C19H20INO8S/c1-5-28-18(24)10(2)21-17(23)14(30-19(21)25)8-11-6-12(20)16(13(7-11)26-3)29-9-15(22)27-4/h6-8,10H,5,9H2,1-4H3/b14-8+/t10-/m0/s1. The second kappa shape index (κ2) is 10.7. The van der Waals surface area contributed by atoms with E-state index >= 15 is 0 Å². The molecular weight excluding hydrogens is 529 g/mol. The molecule has 0 N–H and O–H groups in total. The third-order valence-corrected chi connectivity index (χ3v) is 5.64. The lowest BCUT2D eigenvalue weighted by molar-refractivity contribution is -0.150. The summed E-state index contributed by atoms with van der Waals surface area (Å²) in [5.74, 6) is -1.07. The second-order valence-corrected chi connectivity index (χ2v) is 8.03. The Labute approximate surface area is 191 Å². The van der Waals surface area contributed by atoms with Gasteiger partial charge in [0.25, 0.3) is 11.1 Å². The van der Waals surface area contributed by atoms with Crippen LogP contribution in [0, 0.1) is 3.57 Å². The van der Waals surface area contributed by atoms with Gasteiger partial charge >= 0.3 is 11.9 Å². The van der Waals surface area contributed by atoms with Gasteiger partial charge in [-0.1, -0.05) is 0 Å². The number of carbonyl (C=O) groups excluding carboxylic acids is 4. The zero-order valence-electron chi connectivity index (χ0n) is 16.7. The highest BCUT2D eigenvalue weighted by molar-refractivity contribution is 14.1. The molecule has 1 saturated heterocycles. The van der Waals surface area contributed by atoms with Crippen molar-refractivity contribution in [2.24, 2.45) is 0 Å². The van der Waals surface area contributed by atoms with Crippen molar-refractivity contribution in [2.45, 2.75) is 19.9 Å². The first-order chi connectivity index (χ1) is 14.2. The van der Waals surface area contributed by atoms with Crippen LogP contribution in [0.4, 0.5) is 4.79 Å². The Hall–Kier alpha value is -2.28. The number of amides is 2. The maximum Gasteiger partial charge on any atom is 0.343 e. The summed E-state index contributed by atoms with van der Waals surface area (Å²) in [5, 5.41) is -0.550. The monoisotopic (exact) mass is 549 g/mol. The summed E-state index contributed by atoms with van der Waals surface area (Å²) in [7, 11) is 2.70. The number of nitrogens with zero attached hydrogens (tertiary/aromatic N) is 1. The van der Waals surface area contributed by atoms with E-state index < -0.39 is 29.1 Å². The van der Waals surface area contributed by atoms with E-state index in [2.05, 4.69) is 4.74 Å². The van der Waals surface area contributed by atoms with Gasteiger partial charge < -0.3 is 18.9 Å². The first kappa shape index (κ1) is 24.0. The Bertz CT molecular complexity index is 901. The lowest BCUT2D eigenvalue weighted by atomic mass is 10.1. The fourth-order valence-electron chi connectivity index (χ4n) is 2.49. The minimum atomic E-state index is -1.02. The fourth-order valence-corrected chi connectivity index (χ4v) is 4.18. The van der Waals surface area contributed by atoms with Crippen LogP contribution in [0.2, 0.25) is 0 Å². The van der Waals surface area contributed by atoms with Crippen molar-refractivity contribution in [3.63, 3.8) is 0 Å². The average molecular weight is 549 g/mol. The molecule has 0 aromatic heterocycles. The first-order valence-electron chi connectivity index (χ1n) is 8.74. The van der Waals surface area contributed by atoms with Gasteiger partial charge in [-0.2, -0.15) is 0 Å². The normalized spacial score (nSPS) is 15.9. The SMILES string of the molecule is CCOC(=O)[C@H](C)N1C(=O)S/C(=C/c2cc(I)c(OCC(=O)OC)c(OC)c2)C1=O. The molecule has 9 nitrogen and oxygen atoms in total. The van der Waals surface area contributed by atoms with Gasteiger partial charge in [0, 0.05) is 0 Å². The van der Waals surface area contributed by atoms with Gasteiger partial charge in [-0.3, -0.25) is 14.5 Å². The number of benzene rings is 1. The van der Waals surface area contributed by atoms with Crippen molar-refractivity contribution in [2.75, 3.05) is 27.4 Å². The van der Waals surface area contributed by atoms with Gasteiger partial charge in [-0.05, 0) is 72.0 Å². The number of esters is 2. The van der Waals surface area contributed by atoms with E-state index in [1.54, 1.807) is 19.1 Å². The zero-order valence-corrected chi connectivity index (χ0v) is 19.7. The predicted molar refractivity (Wildman–Crippen MR) is 117 cm³/mol. The number of carbonyl (C=O) groups is 4. The van der Waals surface area contributed by atoms with Crippen LogP contribution < -0.4 is 9.47 Å². The molecule has 1 aliphatic heterocycles. The molecule has 30 heavy (non-hydrogen) atoms. The van der Waals surface area contributed by atoms with E-state index in [9.17, 15) is 19.2 Å². The van der Waals surface area contributed by atoms with Crippen LogP contribution in [0.15, 0.2) is 17.0 Å². The fraction of sp³-hybridized carbons (Fsp3) is 0.368. The van der Waals surface area contributed by atoms with Crippen LogP contribution in [0.25, 0.3) is 6.08 Å². The van der Waals surface area contributed by atoms with Crippen LogP contribution in [0.5, 0.6) is 11.5 Å². The number of methoxy groups -OCH3 is 2. The van der Waals surface area contributed by atoms with Crippen LogP contribution >= 0.6 is 34.4 Å². The summed E-state index contributed by atoms with van der Waals surface area (Å²) in [4.78, 5) is 49.3. The Morgan fingerprint density at radius 2 is 1.97 bits per heavy atom. The minimum Gasteiger partial charge on any atom is -0.493 e. The predicted octanol–water partition coefficient (Wildman–Crippen LogP) is 2.84. The van der Waals surface area contributed by atoms with Crippen molar-refractivity contribution < 1.29 is 38.1 Å². The van der Waals surface area contributed by atoms with E-state index in [0.717, 1.165) is 16.7 Å². The largest absolute Gasteiger partial charge is 0.493 e. The molecule has 11 heteroatoms. The van der Waals surface area contributed by atoms with Crippen LogP contribution in [-0.4, -0.2) is 61.5 Å². The summed E-state index contributed by atoms with van der Waals surface area (Å²) in [5.41, 5.74) is 0.580. The topological polar surface area (TPSA) is 108 Å². The first-order valence-corrected chi connectivity index (χ1v) is 10.6. The Balaban J connectivity index is 2.29. The van der Waals surface area contributed by atoms with Crippen LogP contribution in [0.3, 0.4) is 0 Å². The molecular formula is C19H20INO8S. The van der Waals surface area contributed by atoms with Gasteiger partial charge in [-0.25, -0.2) is 9.59 Å².